The molecule has 3 aliphatic heterocycles. The maximum absolute atomic E-state index is 5.59. The van der Waals surface area contributed by atoms with Crippen LogP contribution in [-0.4, -0.2) is 73.9 Å². The molecule has 1 aromatic carbocycles. The van der Waals surface area contributed by atoms with Crippen LogP contribution in [0.2, 0.25) is 0 Å². The minimum absolute atomic E-state index is 0.720. The van der Waals surface area contributed by atoms with Crippen LogP contribution in [0.1, 0.15) is 32.6 Å². The van der Waals surface area contributed by atoms with Gasteiger partial charge < -0.3 is 19.4 Å². The average molecular weight is 410 g/mol. The van der Waals surface area contributed by atoms with Crippen LogP contribution < -0.4 is 9.80 Å². The third kappa shape index (κ3) is 4.40. The number of benzene rings is 1. The Balaban J connectivity index is 1.38. The van der Waals surface area contributed by atoms with E-state index in [4.69, 9.17) is 14.7 Å². The molecule has 0 spiro atoms. The van der Waals surface area contributed by atoms with E-state index in [1.807, 2.05) is 0 Å². The molecule has 0 radical (unpaired) electrons. The Morgan fingerprint density at radius 3 is 2.23 bits per heavy atom. The first-order valence-electron chi connectivity index (χ1n) is 11.8. The number of ether oxygens (including phenoxy) is 1. The lowest BCUT2D eigenvalue weighted by atomic mass is 9.94. The number of hydrogen-bond donors (Lipinski definition) is 0. The number of likely N-dealkylation sites (tertiary alicyclic amines) is 1. The average Bonchev–Trinajstić information content (AvgIpc) is 2.80. The van der Waals surface area contributed by atoms with Crippen molar-refractivity contribution in [1.29, 1.82) is 0 Å². The molecule has 0 amide bonds. The number of hydrogen-bond acceptors (Lipinski definition) is 6. The van der Waals surface area contributed by atoms with Crippen molar-refractivity contribution in [2.45, 2.75) is 32.6 Å². The number of piperidine rings is 2. The van der Waals surface area contributed by atoms with Gasteiger partial charge in [-0.1, -0.05) is 19.1 Å². The van der Waals surface area contributed by atoms with Gasteiger partial charge in [-0.2, -0.15) is 0 Å². The number of aromatic nitrogens is 2. The van der Waals surface area contributed by atoms with E-state index in [1.54, 1.807) is 0 Å². The molecule has 3 fully saturated rings. The molecule has 1 unspecified atom stereocenters. The Morgan fingerprint density at radius 2 is 1.53 bits per heavy atom. The van der Waals surface area contributed by atoms with Gasteiger partial charge in [0, 0.05) is 32.7 Å². The smallest absolute Gasteiger partial charge is 0.172 e. The van der Waals surface area contributed by atoms with Gasteiger partial charge in [-0.15, -0.1) is 0 Å². The Hall–Kier alpha value is -1.92. The summed E-state index contributed by atoms with van der Waals surface area (Å²) >= 11 is 0. The molecule has 6 nitrogen and oxygen atoms in total. The number of fused-ring (bicyclic) bond motifs is 1. The van der Waals surface area contributed by atoms with Gasteiger partial charge in [-0.25, -0.2) is 9.97 Å². The van der Waals surface area contributed by atoms with E-state index in [-0.39, 0.29) is 0 Å². The molecule has 6 heteroatoms. The number of anilines is 2. The lowest BCUT2D eigenvalue weighted by molar-refractivity contribution is 0.122. The van der Waals surface area contributed by atoms with Crippen LogP contribution in [0.25, 0.3) is 11.0 Å². The lowest BCUT2D eigenvalue weighted by Gasteiger charge is -2.39. The summed E-state index contributed by atoms with van der Waals surface area (Å²) < 4.78 is 5.59. The standard InChI is InChI=1S/C24H35N5O/c1-19-8-11-27(12-9-19)17-20-5-4-10-29(18-20)24-23(28-13-15-30-16-14-28)25-21-6-2-3-7-22(21)26-24/h2-3,6-7,19-20H,4-5,8-18H2,1H3. The Kier molecular flexibility index (Phi) is 6.05. The molecule has 0 bridgehead atoms. The first-order chi connectivity index (χ1) is 14.8. The Morgan fingerprint density at radius 1 is 0.867 bits per heavy atom. The highest BCUT2D eigenvalue weighted by atomic mass is 16.5. The molecule has 0 N–H and O–H groups in total. The number of nitrogens with zero attached hydrogens (tertiary/aromatic N) is 5. The van der Waals surface area contributed by atoms with Gasteiger partial charge in [-0.05, 0) is 62.7 Å². The van der Waals surface area contributed by atoms with Crippen molar-refractivity contribution in [2.24, 2.45) is 11.8 Å². The monoisotopic (exact) mass is 409 g/mol. The van der Waals surface area contributed by atoms with Gasteiger partial charge in [-0.3, -0.25) is 0 Å². The molecule has 1 atom stereocenters. The predicted molar refractivity (Wildman–Crippen MR) is 122 cm³/mol. The molecule has 5 rings (SSSR count). The zero-order valence-corrected chi connectivity index (χ0v) is 18.3. The molecule has 4 heterocycles. The maximum Gasteiger partial charge on any atom is 0.172 e. The molecule has 0 aliphatic carbocycles. The van der Waals surface area contributed by atoms with Crippen LogP contribution in [0.4, 0.5) is 11.6 Å². The van der Waals surface area contributed by atoms with Gasteiger partial charge in [0.05, 0.1) is 24.2 Å². The second kappa shape index (κ2) is 9.06. The van der Waals surface area contributed by atoms with Crippen molar-refractivity contribution < 1.29 is 4.74 Å². The van der Waals surface area contributed by atoms with Gasteiger partial charge in [0.1, 0.15) is 0 Å². The molecule has 3 aliphatic rings. The van der Waals surface area contributed by atoms with Gasteiger partial charge >= 0.3 is 0 Å². The molecule has 30 heavy (non-hydrogen) atoms. The van der Waals surface area contributed by atoms with Gasteiger partial charge in [0.25, 0.3) is 0 Å². The van der Waals surface area contributed by atoms with Crippen molar-refractivity contribution in [3.05, 3.63) is 24.3 Å². The first-order valence-corrected chi connectivity index (χ1v) is 11.8. The van der Waals surface area contributed by atoms with E-state index < -0.39 is 0 Å². The quantitative estimate of drug-likeness (QED) is 0.771. The van der Waals surface area contributed by atoms with Crippen molar-refractivity contribution in [1.82, 2.24) is 14.9 Å². The highest BCUT2D eigenvalue weighted by Gasteiger charge is 2.28. The van der Waals surface area contributed by atoms with Crippen LogP contribution in [0.3, 0.4) is 0 Å². The Bertz CT molecular complexity index is 845. The lowest BCUT2D eigenvalue weighted by Crippen LogP contribution is -2.44. The summed E-state index contributed by atoms with van der Waals surface area (Å²) in [5.41, 5.74) is 1.98. The Labute approximate surface area is 180 Å². The minimum Gasteiger partial charge on any atom is -0.378 e. The topological polar surface area (TPSA) is 44.7 Å². The summed E-state index contributed by atoms with van der Waals surface area (Å²) in [4.78, 5) is 17.8. The van der Waals surface area contributed by atoms with Gasteiger partial charge in [0.2, 0.25) is 0 Å². The normalized spacial score (nSPS) is 24.5. The fourth-order valence-electron chi connectivity index (χ4n) is 5.20. The summed E-state index contributed by atoms with van der Waals surface area (Å²) in [6.07, 6.45) is 5.28. The fraction of sp³-hybridized carbons (Fsp3) is 0.667. The molecular weight excluding hydrogens is 374 g/mol. The zero-order chi connectivity index (χ0) is 20.3. The molecule has 3 saturated heterocycles. The maximum atomic E-state index is 5.59. The van der Waals surface area contributed by atoms with Crippen molar-refractivity contribution in [2.75, 3.05) is 68.8 Å². The van der Waals surface area contributed by atoms with Gasteiger partial charge in [0.15, 0.2) is 11.6 Å². The van der Waals surface area contributed by atoms with Crippen LogP contribution in [0.15, 0.2) is 24.3 Å². The molecule has 0 saturated carbocycles. The van der Waals surface area contributed by atoms with E-state index >= 15 is 0 Å². The predicted octanol–water partition coefficient (Wildman–Crippen LogP) is 3.41. The van der Waals surface area contributed by atoms with Crippen molar-refractivity contribution >= 4 is 22.7 Å². The second-order valence-electron chi connectivity index (χ2n) is 9.40. The first kappa shape index (κ1) is 20.0. The summed E-state index contributed by atoms with van der Waals surface area (Å²) in [6, 6.07) is 8.28. The second-order valence-corrected chi connectivity index (χ2v) is 9.40. The van der Waals surface area contributed by atoms with Crippen molar-refractivity contribution in [3.8, 4) is 0 Å². The molecule has 1 aromatic heterocycles. The summed E-state index contributed by atoms with van der Waals surface area (Å²) in [6.45, 7) is 11.7. The van der Waals surface area contributed by atoms with Crippen molar-refractivity contribution in [3.63, 3.8) is 0 Å². The molecule has 162 valence electrons. The number of morpholine rings is 1. The number of rotatable bonds is 4. The third-order valence-corrected chi connectivity index (χ3v) is 7.06. The summed E-state index contributed by atoms with van der Waals surface area (Å²) in [5.74, 6) is 3.74. The largest absolute Gasteiger partial charge is 0.378 e. The minimum atomic E-state index is 0.720. The SMILES string of the molecule is CC1CCN(CC2CCCN(c3nc4ccccc4nc3N3CCOCC3)C2)CC1. The van der Waals surface area contributed by atoms with E-state index in [2.05, 4.69) is 45.9 Å². The van der Waals surface area contributed by atoms with E-state index in [0.29, 0.717) is 0 Å². The van der Waals surface area contributed by atoms with Crippen LogP contribution in [0, 0.1) is 11.8 Å². The van der Waals surface area contributed by atoms with Crippen LogP contribution in [-0.2, 0) is 4.74 Å². The van der Waals surface area contributed by atoms with E-state index in [0.717, 1.165) is 73.9 Å². The molecular formula is C24H35N5O. The van der Waals surface area contributed by atoms with Crippen LogP contribution >= 0.6 is 0 Å². The summed E-state index contributed by atoms with van der Waals surface area (Å²) in [5, 5.41) is 0. The molecule has 2 aromatic rings. The van der Waals surface area contributed by atoms with Crippen LogP contribution in [0.5, 0.6) is 0 Å². The number of para-hydroxylation sites is 2. The zero-order valence-electron chi connectivity index (χ0n) is 18.3. The van der Waals surface area contributed by atoms with E-state index in [1.165, 1.54) is 45.3 Å². The third-order valence-electron chi connectivity index (χ3n) is 7.06. The van der Waals surface area contributed by atoms with E-state index in [9.17, 15) is 0 Å². The highest BCUT2D eigenvalue weighted by molar-refractivity contribution is 5.81. The summed E-state index contributed by atoms with van der Waals surface area (Å²) in [7, 11) is 0. The fourth-order valence-corrected chi connectivity index (χ4v) is 5.20. The highest BCUT2D eigenvalue weighted by Crippen LogP contribution is 2.32.